The lowest BCUT2D eigenvalue weighted by atomic mass is 10.2. The monoisotopic (exact) mass is 474 g/mol. The maximum Gasteiger partial charge on any atom is 0.191 e. The van der Waals surface area contributed by atoms with Crippen molar-refractivity contribution >= 4 is 41.3 Å². The number of hydrogen-bond donors (Lipinski definition) is 2. The largest absolute Gasteiger partial charge is 0.496 e. The lowest BCUT2D eigenvalue weighted by Crippen LogP contribution is -2.38. The van der Waals surface area contributed by atoms with Gasteiger partial charge in [-0.3, -0.25) is 0 Å². The molecule has 0 saturated carbocycles. The van der Waals surface area contributed by atoms with Gasteiger partial charge in [-0.2, -0.15) is 0 Å². The van der Waals surface area contributed by atoms with Crippen molar-refractivity contribution in [1.82, 2.24) is 15.6 Å². The summed E-state index contributed by atoms with van der Waals surface area (Å²) in [5, 5.41) is 7.81. The fraction of sp³-hybridized carbons (Fsp3) is 0.444. The minimum Gasteiger partial charge on any atom is -0.496 e. The van der Waals surface area contributed by atoms with Gasteiger partial charge in [-0.25, -0.2) is 9.98 Å². The summed E-state index contributed by atoms with van der Waals surface area (Å²) in [5.41, 5.74) is 2.20. The van der Waals surface area contributed by atoms with Gasteiger partial charge in [-0.1, -0.05) is 18.2 Å². The summed E-state index contributed by atoms with van der Waals surface area (Å²) in [6.07, 6.45) is 0.901. The van der Waals surface area contributed by atoms with Crippen LogP contribution >= 0.6 is 35.3 Å². The number of methoxy groups -OCH3 is 1. The van der Waals surface area contributed by atoms with Crippen LogP contribution in [0.3, 0.4) is 0 Å². The number of para-hydroxylation sites is 1. The number of ether oxygens (including phenoxy) is 1. The van der Waals surface area contributed by atoms with Crippen molar-refractivity contribution in [3.05, 3.63) is 45.4 Å². The van der Waals surface area contributed by atoms with E-state index in [2.05, 4.69) is 41.4 Å². The Hall–Kier alpha value is -1.35. The number of aliphatic imine (C=N–C) groups is 1. The summed E-state index contributed by atoms with van der Waals surface area (Å²) in [4.78, 5) is 10.5. The molecule has 25 heavy (non-hydrogen) atoms. The summed E-state index contributed by atoms with van der Waals surface area (Å²) in [7, 11) is 1.68. The second kappa shape index (κ2) is 11.3. The second-order valence-corrected chi connectivity index (χ2v) is 6.72. The summed E-state index contributed by atoms with van der Waals surface area (Å²) in [6.45, 7) is 8.45. The van der Waals surface area contributed by atoms with Gasteiger partial charge in [0, 0.05) is 30.0 Å². The van der Waals surface area contributed by atoms with Gasteiger partial charge in [0.2, 0.25) is 0 Å². The summed E-state index contributed by atoms with van der Waals surface area (Å²) < 4.78 is 5.37. The highest BCUT2D eigenvalue weighted by Crippen LogP contribution is 2.18. The molecule has 2 rings (SSSR count). The lowest BCUT2D eigenvalue weighted by molar-refractivity contribution is 0.410. The number of guanidine groups is 1. The third-order valence-electron chi connectivity index (χ3n) is 3.65. The molecule has 0 spiro atoms. The minimum atomic E-state index is 0. The smallest absolute Gasteiger partial charge is 0.191 e. The van der Waals surface area contributed by atoms with Crippen LogP contribution in [0.2, 0.25) is 0 Å². The van der Waals surface area contributed by atoms with Gasteiger partial charge in [-0.15, -0.1) is 35.3 Å². The maximum absolute atomic E-state index is 5.37. The zero-order chi connectivity index (χ0) is 17.4. The molecule has 7 heteroatoms. The summed E-state index contributed by atoms with van der Waals surface area (Å²) in [5.74, 6) is 1.68. The predicted molar refractivity (Wildman–Crippen MR) is 117 cm³/mol. The molecule has 2 N–H and O–H groups in total. The lowest BCUT2D eigenvalue weighted by Gasteiger charge is -2.11. The molecule has 0 aliphatic carbocycles. The highest BCUT2D eigenvalue weighted by atomic mass is 127. The standard InChI is InChI=1S/C18H26N4OS.HI/c1-5-19-18(20-11-10-17-22-13(2)14(3)24-17)21-12-15-8-6-7-9-16(15)23-4;/h6-9H,5,10-12H2,1-4H3,(H2,19,20,21);1H. The first-order valence-electron chi connectivity index (χ1n) is 8.21. The van der Waals surface area contributed by atoms with E-state index in [1.54, 1.807) is 18.4 Å². The van der Waals surface area contributed by atoms with E-state index in [-0.39, 0.29) is 24.0 Å². The van der Waals surface area contributed by atoms with Crippen molar-refractivity contribution in [2.24, 2.45) is 4.99 Å². The molecular weight excluding hydrogens is 447 g/mol. The van der Waals surface area contributed by atoms with Gasteiger partial charge in [0.1, 0.15) is 5.75 Å². The molecule has 0 unspecified atom stereocenters. The third-order valence-corrected chi connectivity index (χ3v) is 4.78. The van der Waals surface area contributed by atoms with Crippen LogP contribution in [-0.2, 0) is 13.0 Å². The molecule has 0 amide bonds. The number of rotatable bonds is 7. The zero-order valence-electron chi connectivity index (χ0n) is 15.3. The number of aryl methyl sites for hydroxylation is 2. The van der Waals surface area contributed by atoms with Crippen LogP contribution in [-0.4, -0.2) is 31.1 Å². The third kappa shape index (κ3) is 6.81. The average molecular weight is 474 g/mol. The molecule has 0 fully saturated rings. The van der Waals surface area contributed by atoms with E-state index in [4.69, 9.17) is 4.74 Å². The number of benzene rings is 1. The Labute approximate surface area is 171 Å². The second-order valence-electron chi connectivity index (χ2n) is 5.43. The van der Waals surface area contributed by atoms with Crippen molar-refractivity contribution in [3.63, 3.8) is 0 Å². The van der Waals surface area contributed by atoms with Crippen molar-refractivity contribution in [2.75, 3.05) is 20.2 Å². The van der Waals surface area contributed by atoms with Crippen LogP contribution in [0.5, 0.6) is 5.75 Å². The van der Waals surface area contributed by atoms with E-state index >= 15 is 0 Å². The van der Waals surface area contributed by atoms with Crippen LogP contribution < -0.4 is 15.4 Å². The molecule has 0 aliphatic rings. The molecule has 0 bridgehead atoms. The molecule has 1 aromatic carbocycles. The Kier molecular flexibility index (Phi) is 9.81. The Morgan fingerprint density at radius 3 is 2.64 bits per heavy atom. The number of halogens is 1. The quantitative estimate of drug-likeness (QED) is 0.365. The molecule has 2 aromatic rings. The van der Waals surface area contributed by atoms with Gasteiger partial charge in [0.15, 0.2) is 5.96 Å². The number of thiazole rings is 1. The predicted octanol–water partition coefficient (Wildman–Crippen LogP) is 3.68. The molecule has 0 aliphatic heterocycles. The normalized spacial score (nSPS) is 11.0. The van der Waals surface area contributed by atoms with Gasteiger partial charge < -0.3 is 15.4 Å². The Morgan fingerprint density at radius 1 is 1.24 bits per heavy atom. The molecule has 5 nitrogen and oxygen atoms in total. The molecular formula is C18H27IN4OS. The van der Waals surface area contributed by atoms with E-state index in [1.807, 2.05) is 24.3 Å². The maximum atomic E-state index is 5.37. The fourth-order valence-corrected chi connectivity index (χ4v) is 3.21. The van der Waals surface area contributed by atoms with Gasteiger partial charge in [-0.05, 0) is 26.8 Å². The Morgan fingerprint density at radius 2 is 2.00 bits per heavy atom. The van der Waals surface area contributed by atoms with Crippen molar-refractivity contribution < 1.29 is 4.74 Å². The van der Waals surface area contributed by atoms with E-state index in [0.717, 1.165) is 47.5 Å². The van der Waals surface area contributed by atoms with Crippen molar-refractivity contribution in [3.8, 4) is 5.75 Å². The number of hydrogen-bond acceptors (Lipinski definition) is 4. The highest BCUT2D eigenvalue weighted by molar-refractivity contribution is 14.0. The Balaban J connectivity index is 0.00000312. The fourth-order valence-electron chi connectivity index (χ4n) is 2.27. The van der Waals surface area contributed by atoms with E-state index < -0.39 is 0 Å². The number of nitrogens with zero attached hydrogens (tertiary/aromatic N) is 2. The van der Waals surface area contributed by atoms with Gasteiger partial charge >= 0.3 is 0 Å². The van der Waals surface area contributed by atoms with Crippen LogP contribution in [0.25, 0.3) is 0 Å². The first-order valence-corrected chi connectivity index (χ1v) is 9.02. The van der Waals surface area contributed by atoms with Crippen LogP contribution in [0.4, 0.5) is 0 Å². The van der Waals surface area contributed by atoms with E-state index in [1.165, 1.54) is 4.88 Å². The first kappa shape index (κ1) is 21.7. The summed E-state index contributed by atoms with van der Waals surface area (Å²) in [6, 6.07) is 7.96. The van der Waals surface area contributed by atoms with Crippen molar-refractivity contribution in [2.45, 2.75) is 33.7 Å². The van der Waals surface area contributed by atoms with Gasteiger partial charge in [0.25, 0.3) is 0 Å². The van der Waals surface area contributed by atoms with Crippen LogP contribution in [0.1, 0.15) is 28.1 Å². The molecule has 138 valence electrons. The number of aromatic nitrogens is 1. The average Bonchev–Trinajstić information content (AvgIpc) is 2.91. The zero-order valence-corrected chi connectivity index (χ0v) is 18.4. The topological polar surface area (TPSA) is 58.5 Å². The van der Waals surface area contributed by atoms with Crippen LogP contribution in [0, 0.1) is 13.8 Å². The van der Waals surface area contributed by atoms with Crippen LogP contribution in [0.15, 0.2) is 29.3 Å². The molecule has 0 saturated heterocycles. The SMILES string of the molecule is CCNC(=NCc1ccccc1OC)NCCc1nc(C)c(C)s1.I. The van der Waals surface area contributed by atoms with Crippen molar-refractivity contribution in [1.29, 1.82) is 0 Å². The Bertz CT molecular complexity index is 668. The van der Waals surface area contributed by atoms with E-state index in [9.17, 15) is 0 Å². The number of nitrogens with one attached hydrogen (secondary N) is 2. The minimum absolute atomic E-state index is 0. The van der Waals surface area contributed by atoms with Gasteiger partial charge in [0.05, 0.1) is 24.4 Å². The summed E-state index contributed by atoms with van der Waals surface area (Å²) >= 11 is 1.77. The first-order chi connectivity index (χ1) is 11.6. The highest BCUT2D eigenvalue weighted by Gasteiger charge is 2.05. The molecule has 1 heterocycles. The molecule has 1 aromatic heterocycles. The molecule has 0 atom stereocenters. The molecule has 0 radical (unpaired) electrons. The van der Waals surface area contributed by atoms with E-state index in [0.29, 0.717) is 6.54 Å².